The van der Waals surface area contributed by atoms with Crippen LogP contribution in [0.15, 0.2) is 23.1 Å². The molecular weight excluding hydrogens is 306 g/mol. The van der Waals surface area contributed by atoms with Gasteiger partial charge in [0, 0.05) is 18.7 Å². The predicted octanol–water partition coefficient (Wildman–Crippen LogP) is 1.62. The quantitative estimate of drug-likeness (QED) is 0.908. The molecule has 6 nitrogen and oxygen atoms in total. The lowest BCUT2D eigenvalue weighted by Crippen LogP contribution is -2.33. The van der Waals surface area contributed by atoms with Crippen LogP contribution in [0.4, 0.5) is 5.69 Å². The highest BCUT2D eigenvalue weighted by Crippen LogP contribution is 2.34. The van der Waals surface area contributed by atoms with Crippen molar-refractivity contribution >= 4 is 27.4 Å². The molecule has 1 aliphatic rings. The number of anilines is 1. The van der Waals surface area contributed by atoms with Crippen molar-refractivity contribution in [2.24, 2.45) is 0 Å². The van der Waals surface area contributed by atoms with Crippen molar-refractivity contribution < 1.29 is 23.1 Å². The van der Waals surface area contributed by atoms with Gasteiger partial charge in [-0.2, -0.15) is 0 Å². The molecule has 1 amide bonds. The number of rotatable bonds is 4. The molecule has 0 unspecified atom stereocenters. The zero-order valence-electron chi connectivity index (χ0n) is 12.7. The van der Waals surface area contributed by atoms with Crippen LogP contribution < -0.4 is 4.90 Å². The van der Waals surface area contributed by atoms with Gasteiger partial charge in [-0.3, -0.25) is 9.59 Å². The van der Waals surface area contributed by atoms with Gasteiger partial charge in [0.05, 0.1) is 16.6 Å². The second kappa shape index (κ2) is 5.72. The van der Waals surface area contributed by atoms with E-state index in [9.17, 15) is 18.0 Å². The van der Waals surface area contributed by atoms with Gasteiger partial charge in [-0.15, -0.1) is 0 Å². The van der Waals surface area contributed by atoms with Gasteiger partial charge in [-0.1, -0.05) is 0 Å². The normalized spacial score (nSPS) is 18.9. The maximum Gasteiger partial charge on any atom is 0.304 e. The van der Waals surface area contributed by atoms with Gasteiger partial charge in [0.2, 0.25) is 5.91 Å². The summed E-state index contributed by atoms with van der Waals surface area (Å²) in [6, 6.07) is 4.62. The minimum Gasteiger partial charge on any atom is -0.481 e. The number of carbonyl (C=O) groups excluding carboxylic acids is 1. The Kier molecular flexibility index (Phi) is 4.28. The van der Waals surface area contributed by atoms with E-state index in [0.717, 1.165) is 11.3 Å². The van der Waals surface area contributed by atoms with Crippen molar-refractivity contribution in [1.29, 1.82) is 0 Å². The first-order valence-corrected chi connectivity index (χ1v) is 8.57. The predicted molar refractivity (Wildman–Crippen MR) is 81.7 cm³/mol. The lowest BCUT2D eigenvalue weighted by molar-refractivity contribution is -0.137. The Morgan fingerprint density at radius 1 is 1.41 bits per heavy atom. The number of fused-ring (bicyclic) bond motifs is 1. The third kappa shape index (κ3) is 2.85. The Hall–Kier alpha value is -1.89. The first-order valence-electron chi connectivity index (χ1n) is 7.03. The molecule has 2 atom stereocenters. The number of hydrogen-bond donors (Lipinski definition) is 1. The van der Waals surface area contributed by atoms with E-state index in [0.29, 0.717) is 6.42 Å². The first-order chi connectivity index (χ1) is 10.1. The minimum atomic E-state index is -3.70. The third-order valence-electron chi connectivity index (χ3n) is 3.93. The highest BCUT2D eigenvalue weighted by Gasteiger charge is 2.32. The summed E-state index contributed by atoms with van der Waals surface area (Å²) in [5, 5.41) is 7.78. The number of sulfone groups is 1. The first kappa shape index (κ1) is 16.5. The van der Waals surface area contributed by atoms with Crippen LogP contribution in [0, 0.1) is 0 Å². The van der Waals surface area contributed by atoms with Gasteiger partial charge >= 0.3 is 5.97 Å². The maximum absolute atomic E-state index is 12.4. The van der Waals surface area contributed by atoms with E-state index in [1.165, 1.54) is 19.9 Å². The molecule has 0 spiro atoms. The van der Waals surface area contributed by atoms with Crippen LogP contribution in [0.3, 0.4) is 0 Å². The van der Waals surface area contributed by atoms with Crippen molar-refractivity contribution in [3.8, 4) is 0 Å². The maximum atomic E-state index is 12.4. The van der Waals surface area contributed by atoms with E-state index in [1.807, 2.05) is 6.92 Å². The monoisotopic (exact) mass is 325 g/mol. The number of hydrogen-bond acceptors (Lipinski definition) is 4. The molecule has 1 aliphatic heterocycles. The molecule has 1 aromatic rings. The lowest BCUT2D eigenvalue weighted by atomic mass is 10.1. The third-order valence-corrected chi connectivity index (χ3v) is 6.06. The fraction of sp³-hybridized carbons (Fsp3) is 0.467. The van der Waals surface area contributed by atoms with Crippen molar-refractivity contribution in [2.75, 3.05) is 4.90 Å². The number of amides is 1. The van der Waals surface area contributed by atoms with Gasteiger partial charge in [0.1, 0.15) is 0 Å². The molecule has 1 heterocycles. The largest absolute Gasteiger partial charge is 0.481 e. The van der Waals surface area contributed by atoms with Crippen molar-refractivity contribution in [3.05, 3.63) is 23.8 Å². The molecule has 1 aromatic carbocycles. The van der Waals surface area contributed by atoms with Crippen LogP contribution in [0.25, 0.3) is 0 Å². The zero-order valence-corrected chi connectivity index (χ0v) is 13.6. The molecule has 0 saturated heterocycles. The second-order valence-electron chi connectivity index (χ2n) is 5.69. The molecule has 0 fully saturated rings. The Morgan fingerprint density at radius 2 is 2.05 bits per heavy atom. The van der Waals surface area contributed by atoms with E-state index >= 15 is 0 Å². The van der Waals surface area contributed by atoms with Crippen LogP contribution in [-0.4, -0.2) is 36.7 Å². The van der Waals surface area contributed by atoms with Crippen LogP contribution in [-0.2, 0) is 25.8 Å². The summed E-state index contributed by atoms with van der Waals surface area (Å²) in [7, 11) is -3.70. The molecule has 0 aliphatic carbocycles. The van der Waals surface area contributed by atoms with Gasteiger partial charge in [0.25, 0.3) is 0 Å². The number of nitrogens with zero attached hydrogens (tertiary/aromatic N) is 1. The van der Waals surface area contributed by atoms with Crippen molar-refractivity contribution in [2.45, 2.75) is 49.8 Å². The average Bonchev–Trinajstić information content (AvgIpc) is 2.72. The molecule has 0 radical (unpaired) electrons. The molecule has 1 N–H and O–H groups in total. The molecule has 0 bridgehead atoms. The highest BCUT2D eigenvalue weighted by molar-refractivity contribution is 7.92. The molecular formula is C15H19NO5S. The Balaban J connectivity index is 2.39. The molecule has 0 saturated carbocycles. The highest BCUT2D eigenvalue weighted by atomic mass is 32.2. The van der Waals surface area contributed by atoms with Crippen LogP contribution in [0.2, 0.25) is 0 Å². The molecule has 2 rings (SSSR count). The SMILES string of the molecule is CC(=O)N1c2ccc(S(=O)(=O)[C@@H](C)CC(=O)O)cc2C[C@H]1C. The number of carbonyl (C=O) groups is 2. The summed E-state index contributed by atoms with van der Waals surface area (Å²) in [6.07, 6.45) is 0.154. The minimum absolute atomic E-state index is 0.0121. The fourth-order valence-corrected chi connectivity index (χ4v) is 4.24. The van der Waals surface area contributed by atoms with Crippen LogP contribution >= 0.6 is 0 Å². The van der Waals surface area contributed by atoms with E-state index in [2.05, 4.69) is 0 Å². The smallest absolute Gasteiger partial charge is 0.304 e. The van der Waals surface area contributed by atoms with E-state index < -0.39 is 27.5 Å². The Morgan fingerprint density at radius 3 is 2.59 bits per heavy atom. The molecule has 120 valence electrons. The van der Waals surface area contributed by atoms with Gasteiger partial charge in [0.15, 0.2) is 9.84 Å². The number of benzene rings is 1. The standard InChI is InChI=1S/C15H19NO5S/c1-9-6-12-8-13(4-5-14(12)16(9)11(3)17)22(20,21)10(2)7-15(18)19/h4-5,8-10H,6-7H2,1-3H3,(H,18,19)/t9-,10+/m1/s1. The zero-order chi connectivity index (χ0) is 16.7. The topological polar surface area (TPSA) is 91.8 Å². The number of carboxylic acid groups (broad SMARTS) is 1. The van der Waals surface area contributed by atoms with E-state index in [4.69, 9.17) is 5.11 Å². The van der Waals surface area contributed by atoms with Crippen LogP contribution in [0.1, 0.15) is 32.8 Å². The van der Waals surface area contributed by atoms with E-state index in [1.54, 1.807) is 17.0 Å². The summed E-state index contributed by atoms with van der Waals surface area (Å²) in [5.41, 5.74) is 1.52. The van der Waals surface area contributed by atoms with Gasteiger partial charge < -0.3 is 10.0 Å². The van der Waals surface area contributed by atoms with Crippen molar-refractivity contribution in [3.63, 3.8) is 0 Å². The fourth-order valence-electron chi connectivity index (χ4n) is 2.85. The number of carboxylic acids is 1. The summed E-state index contributed by atoms with van der Waals surface area (Å²) in [4.78, 5) is 24.2. The Bertz CT molecular complexity index is 725. The summed E-state index contributed by atoms with van der Waals surface area (Å²) in [6.45, 7) is 4.77. The van der Waals surface area contributed by atoms with E-state index in [-0.39, 0.29) is 16.8 Å². The lowest BCUT2D eigenvalue weighted by Gasteiger charge is -2.20. The molecule has 7 heteroatoms. The van der Waals surface area contributed by atoms with Crippen LogP contribution in [0.5, 0.6) is 0 Å². The summed E-state index contributed by atoms with van der Waals surface area (Å²) >= 11 is 0. The van der Waals surface area contributed by atoms with Gasteiger partial charge in [-0.25, -0.2) is 8.42 Å². The molecule has 22 heavy (non-hydrogen) atoms. The number of aliphatic carboxylic acids is 1. The van der Waals surface area contributed by atoms with Gasteiger partial charge in [-0.05, 0) is 44.0 Å². The summed E-state index contributed by atoms with van der Waals surface area (Å²) < 4.78 is 24.8. The molecule has 0 aromatic heterocycles. The second-order valence-corrected chi connectivity index (χ2v) is 8.05. The summed E-state index contributed by atoms with van der Waals surface area (Å²) in [5.74, 6) is -1.23. The average molecular weight is 325 g/mol. The Labute approximate surface area is 129 Å². The van der Waals surface area contributed by atoms with Crippen molar-refractivity contribution in [1.82, 2.24) is 0 Å².